The number of carbonyl (C=O) groups excluding carboxylic acids is 1. The van der Waals surface area contributed by atoms with Crippen molar-refractivity contribution in [1.82, 2.24) is 10.2 Å². The zero-order chi connectivity index (χ0) is 18.4. The second-order valence-electron chi connectivity index (χ2n) is 7.56. The predicted molar refractivity (Wildman–Crippen MR) is 115 cm³/mol. The molecule has 0 bridgehead atoms. The van der Waals surface area contributed by atoms with Crippen LogP contribution in [-0.4, -0.2) is 30.9 Å². The lowest BCUT2D eigenvalue weighted by atomic mass is 9.85. The number of hydrogen-bond donors (Lipinski definition) is 1. The number of benzene rings is 2. The number of carbonyl (C=O) groups is 1. The first kappa shape index (κ1) is 21.5. The minimum atomic E-state index is 0. The van der Waals surface area contributed by atoms with Gasteiger partial charge in [0.05, 0.1) is 0 Å². The smallest absolute Gasteiger partial charge is 0.222 e. The Bertz CT molecular complexity index is 713. The fraction of sp³-hybridized carbons (Fsp3) is 0.435. The third kappa shape index (κ3) is 5.82. The maximum atomic E-state index is 12.8. The SMILES string of the molecule is CC(CC(=O)N(C)Cc1ccccc1-c1ccccc1)C1CCCNC1.Cl. The highest BCUT2D eigenvalue weighted by Gasteiger charge is 2.23. The maximum Gasteiger partial charge on any atom is 0.222 e. The van der Waals surface area contributed by atoms with Crippen LogP contribution in [0.25, 0.3) is 11.1 Å². The van der Waals surface area contributed by atoms with E-state index in [9.17, 15) is 4.79 Å². The number of amides is 1. The van der Waals surface area contributed by atoms with Crippen molar-refractivity contribution < 1.29 is 4.79 Å². The molecule has 0 aliphatic carbocycles. The monoisotopic (exact) mass is 386 g/mol. The van der Waals surface area contributed by atoms with Crippen LogP contribution in [0.4, 0.5) is 0 Å². The van der Waals surface area contributed by atoms with Gasteiger partial charge in [-0.3, -0.25) is 4.79 Å². The van der Waals surface area contributed by atoms with Crippen molar-refractivity contribution in [2.45, 2.75) is 32.7 Å². The fourth-order valence-electron chi connectivity index (χ4n) is 3.86. The molecule has 1 fully saturated rings. The van der Waals surface area contributed by atoms with Crippen LogP contribution >= 0.6 is 12.4 Å². The molecule has 0 spiro atoms. The molecule has 2 aromatic carbocycles. The first-order valence-electron chi connectivity index (χ1n) is 9.73. The van der Waals surface area contributed by atoms with Crippen LogP contribution in [0.15, 0.2) is 54.6 Å². The molecule has 4 heteroatoms. The first-order chi connectivity index (χ1) is 12.6. The average molecular weight is 387 g/mol. The van der Waals surface area contributed by atoms with Crippen molar-refractivity contribution in [2.24, 2.45) is 11.8 Å². The third-order valence-corrected chi connectivity index (χ3v) is 5.57. The van der Waals surface area contributed by atoms with Crippen LogP contribution in [0.5, 0.6) is 0 Å². The number of halogens is 1. The molecule has 2 atom stereocenters. The fourth-order valence-corrected chi connectivity index (χ4v) is 3.86. The van der Waals surface area contributed by atoms with Crippen molar-refractivity contribution in [3.63, 3.8) is 0 Å². The predicted octanol–water partition coefficient (Wildman–Crippen LogP) is 4.76. The molecule has 0 saturated carbocycles. The highest BCUT2D eigenvalue weighted by atomic mass is 35.5. The highest BCUT2D eigenvalue weighted by Crippen LogP contribution is 2.26. The van der Waals surface area contributed by atoms with E-state index in [1.807, 2.05) is 18.0 Å². The summed E-state index contributed by atoms with van der Waals surface area (Å²) in [6, 6.07) is 18.8. The Morgan fingerprint density at radius 3 is 2.56 bits per heavy atom. The van der Waals surface area contributed by atoms with Gasteiger partial charge in [0.15, 0.2) is 0 Å². The van der Waals surface area contributed by atoms with Crippen LogP contribution in [0, 0.1) is 11.8 Å². The van der Waals surface area contributed by atoms with Crippen LogP contribution < -0.4 is 5.32 Å². The van der Waals surface area contributed by atoms with E-state index in [2.05, 4.69) is 60.8 Å². The second kappa shape index (κ2) is 10.5. The summed E-state index contributed by atoms with van der Waals surface area (Å²) in [5.74, 6) is 1.30. The molecule has 2 unspecified atom stereocenters. The zero-order valence-corrected chi connectivity index (χ0v) is 17.2. The summed E-state index contributed by atoms with van der Waals surface area (Å²) in [5, 5.41) is 3.46. The van der Waals surface area contributed by atoms with E-state index in [1.54, 1.807) is 0 Å². The van der Waals surface area contributed by atoms with E-state index >= 15 is 0 Å². The first-order valence-corrected chi connectivity index (χ1v) is 9.73. The van der Waals surface area contributed by atoms with Gasteiger partial charge in [-0.2, -0.15) is 0 Å². The highest BCUT2D eigenvalue weighted by molar-refractivity contribution is 5.85. The second-order valence-corrected chi connectivity index (χ2v) is 7.56. The van der Waals surface area contributed by atoms with Crippen LogP contribution in [0.1, 0.15) is 31.7 Å². The van der Waals surface area contributed by atoms with Gasteiger partial charge in [0.2, 0.25) is 5.91 Å². The number of piperidine rings is 1. The Morgan fingerprint density at radius 2 is 1.85 bits per heavy atom. The molecule has 146 valence electrons. The van der Waals surface area contributed by atoms with Crippen molar-refractivity contribution in [3.8, 4) is 11.1 Å². The summed E-state index contributed by atoms with van der Waals surface area (Å²) in [5.41, 5.74) is 3.60. The van der Waals surface area contributed by atoms with E-state index in [4.69, 9.17) is 0 Å². The Balaban J connectivity index is 0.00000261. The van der Waals surface area contributed by atoms with Crippen LogP contribution in [0.2, 0.25) is 0 Å². The van der Waals surface area contributed by atoms with Gasteiger partial charge in [0.25, 0.3) is 0 Å². The van der Waals surface area contributed by atoms with E-state index in [0.29, 0.717) is 24.8 Å². The van der Waals surface area contributed by atoms with Crippen LogP contribution in [-0.2, 0) is 11.3 Å². The summed E-state index contributed by atoms with van der Waals surface area (Å²) in [4.78, 5) is 14.6. The molecule has 0 aromatic heterocycles. The Kier molecular flexibility index (Phi) is 8.33. The summed E-state index contributed by atoms with van der Waals surface area (Å²) in [6.45, 7) is 5.04. The van der Waals surface area contributed by atoms with E-state index in [-0.39, 0.29) is 18.3 Å². The molecule has 27 heavy (non-hydrogen) atoms. The van der Waals surface area contributed by atoms with Crippen molar-refractivity contribution in [2.75, 3.05) is 20.1 Å². The van der Waals surface area contributed by atoms with Gasteiger partial charge in [0, 0.05) is 20.0 Å². The van der Waals surface area contributed by atoms with Gasteiger partial charge in [0.1, 0.15) is 0 Å². The van der Waals surface area contributed by atoms with Crippen molar-refractivity contribution in [3.05, 3.63) is 60.2 Å². The molecular formula is C23H31ClN2O. The summed E-state index contributed by atoms with van der Waals surface area (Å²) < 4.78 is 0. The van der Waals surface area contributed by atoms with E-state index in [1.165, 1.54) is 29.5 Å². The lowest BCUT2D eigenvalue weighted by Crippen LogP contribution is -2.36. The lowest BCUT2D eigenvalue weighted by Gasteiger charge is -2.29. The minimum absolute atomic E-state index is 0. The lowest BCUT2D eigenvalue weighted by molar-refractivity contribution is -0.131. The van der Waals surface area contributed by atoms with Gasteiger partial charge in [-0.05, 0) is 54.5 Å². The minimum Gasteiger partial charge on any atom is -0.341 e. The number of nitrogens with one attached hydrogen (secondary N) is 1. The van der Waals surface area contributed by atoms with Crippen molar-refractivity contribution in [1.29, 1.82) is 0 Å². The standard InChI is InChI=1S/C23H30N2O.ClH/c1-18(20-12-8-14-24-16-20)15-23(26)25(2)17-21-11-6-7-13-22(21)19-9-4-3-5-10-19;/h3-7,9-11,13,18,20,24H,8,12,14-17H2,1-2H3;1H. The summed E-state index contributed by atoms with van der Waals surface area (Å²) in [7, 11) is 1.93. The molecule has 0 radical (unpaired) electrons. The van der Waals surface area contributed by atoms with Crippen molar-refractivity contribution >= 4 is 18.3 Å². The Hall–Kier alpha value is -1.84. The molecule has 1 N–H and O–H groups in total. The summed E-state index contributed by atoms with van der Waals surface area (Å²) in [6.07, 6.45) is 3.10. The normalized spacial score (nSPS) is 17.6. The molecule has 3 nitrogen and oxygen atoms in total. The van der Waals surface area contributed by atoms with Gasteiger partial charge in [-0.15, -0.1) is 12.4 Å². The summed E-state index contributed by atoms with van der Waals surface area (Å²) >= 11 is 0. The third-order valence-electron chi connectivity index (χ3n) is 5.57. The molecule has 1 aliphatic rings. The van der Waals surface area contributed by atoms with Gasteiger partial charge < -0.3 is 10.2 Å². The van der Waals surface area contributed by atoms with E-state index in [0.717, 1.165) is 13.1 Å². The number of nitrogens with zero attached hydrogens (tertiary/aromatic N) is 1. The molecular weight excluding hydrogens is 356 g/mol. The van der Waals surface area contributed by atoms with Gasteiger partial charge in [-0.25, -0.2) is 0 Å². The quantitative estimate of drug-likeness (QED) is 0.776. The number of hydrogen-bond acceptors (Lipinski definition) is 2. The molecule has 1 saturated heterocycles. The largest absolute Gasteiger partial charge is 0.341 e. The topological polar surface area (TPSA) is 32.3 Å². The molecule has 1 heterocycles. The average Bonchev–Trinajstić information content (AvgIpc) is 2.69. The molecule has 2 aromatic rings. The Labute approximate surface area is 169 Å². The molecule has 3 rings (SSSR count). The Morgan fingerprint density at radius 1 is 1.15 bits per heavy atom. The molecule has 1 aliphatic heterocycles. The van der Waals surface area contributed by atoms with Gasteiger partial charge >= 0.3 is 0 Å². The van der Waals surface area contributed by atoms with E-state index < -0.39 is 0 Å². The maximum absolute atomic E-state index is 12.8. The zero-order valence-electron chi connectivity index (χ0n) is 16.4. The van der Waals surface area contributed by atoms with Crippen LogP contribution in [0.3, 0.4) is 0 Å². The number of rotatable bonds is 6. The molecule has 1 amide bonds. The van der Waals surface area contributed by atoms with Gasteiger partial charge in [-0.1, -0.05) is 61.5 Å².